The fourth-order valence-electron chi connectivity index (χ4n) is 1.76. The number of carbonyl (C=O) groups excluding carboxylic acids is 1. The molecule has 2 aromatic rings. The lowest BCUT2D eigenvalue weighted by Gasteiger charge is -2.20. The molecule has 0 aliphatic rings. The molecule has 1 heterocycles. The van der Waals surface area contributed by atoms with Crippen LogP contribution < -0.4 is 0 Å². The van der Waals surface area contributed by atoms with Crippen molar-refractivity contribution >= 4 is 28.8 Å². The van der Waals surface area contributed by atoms with E-state index in [2.05, 4.69) is 0 Å². The largest absolute Gasteiger partial charge is 0.334 e. The van der Waals surface area contributed by atoms with Crippen molar-refractivity contribution in [3.8, 4) is 0 Å². The zero-order valence-electron chi connectivity index (χ0n) is 10.4. The van der Waals surface area contributed by atoms with Gasteiger partial charge < -0.3 is 4.90 Å². The summed E-state index contributed by atoms with van der Waals surface area (Å²) in [6.45, 7) is 2.83. The van der Waals surface area contributed by atoms with Crippen LogP contribution in [0.4, 0.5) is 4.39 Å². The maximum absolute atomic E-state index is 13.6. The van der Waals surface area contributed by atoms with Crippen LogP contribution in [0.15, 0.2) is 36.4 Å². The number of thiophene rings is 1. The van der Waals surface area contributed by atoms with Gasteiger partial charge in [0.15, 0.2) is 0 Å². The molecular weight excluding hydrogens is 285 g/mol. The lowest BCUT2D eigenvalue weighted by Crippen LogP contribution is -2.30. The molecule has 0 bridgehead atoms. The molecule has 0 spiro atoms. The van der Waals surface area contributed by atoms with Crippen LogP contribution in [0.25, 0.3) is 0 Å². The summed E-state index contributed by atoms with van der Waals surface area (Å²) in [6.07, 6.45) is 0. The van der Waals surface area contributed by atoms with E-state index in [4.69, 9.17) is 11.6 Å². The molecule has 2 nitrogen and oxygen atoms in total. The third kappa shape index (κ3) is 3.33. The van der Waals surface area contributed by atoms with Crippen molar-refractivity contribution < 1.29 is 9.18 Å². The maximum atomic E-state index is 13.6. The standard InChI is InChI=1S/C14H13ClFNOS/c1-2-17(9-10-7-8-13(15)19-10)14(18)11-5-3-4-6-12(11)16/h3-8H,2,9H2,1H3. The Morgan fingerprint density at radius 1 is 1.32 bits per heavy atom. The van der Waals surface area contributed by atoms with Crippen molar-refractivity contribution in [3.63, 3.8) is 0 Å². The van der Waals surface area contributed by atoms with E-state index in [0.717, 1.165) is 4.88 Å². The Balaban J connectivity index is 2.18. The van der Waals surface area contributed by atoms with Crippen molar-refractivity contribution in [2.75, 3.05) is 6.54 Å². The van der Waals surface area contributed by atoms with Gasteiger partial charge in [0, 0.05) is 11.4 Å². The van der Waals surface area contributed by atoms with Crippen LogP contribution in [0.3, 0.4) is 0 Å². The highest BCUT2D eigenvalue weighted by atomic mass is 35.5. The highest BCUT2D eigenvalue weighted by molar-refractivity contribution is 7.16. The molecule has 0 saturated heterocycles. The van der Waals surface area contributed by atoms with Crippen LogP contribution in [-0.2, 0) is 6.54 Å². The minimum absolute atomic E-state index is 0.104. The molecule has 2 rings (SSSR count). The molecule has 0 saturated carbocycles. The number of hydrogen-bond donors (Lipinski definition) is 0. The van der Waals surface area contributed by atoms with E-state index in [0.29, 0.717) is 17.4 Å². The Bertz CT molecular complexity index is 584. The minimum Gasteiger partial charge on any atom is -0.334 e. The van der Waals surface area contributed by atoms with Gasteiger partial charge in [0.2, 0.25) is 0 Å². The number of nitrogens with zero attached hydrogens (tertiary/aromatic N) is 1. The molecule has 0 aliphatic carbocycles. The van der Waals surface area contributed by atoms with Gasteiger partial charge in [-0.3, -0.25) is 4.79 Å². The fourth-order valence-corrected chi connectivity index (χ4v) is 2.86. The number of hydrogen-bond acceptors (Lipinski definition) is 2. The number of carbonyl (C=O) groups is 1. The normalized spacial score (nSPS) is 10.5. The van der Waals surface area contributed by atoms with E-state index in [1.54, 1.807) is 23.1 Å². The molecule has 100 valence electrons. The molecule has 0 aliphatic heterocycles. The molecule has 0 radical (unpaired) electrons. The zero-order valence-corrected chi connectivity index (χ0v) is 12.0. The Morgan fingerprint density at radius 2 is 2.05 bits per heavy atom. The Hall–Kier alpha value is -1.39. The SMILES string of the molecule is CCN(Cc1ccc(Cl)s1)C(=O)c1ccccc1F. The van der Waals surface area contributed by atoms with Crippen molar-refractivity contribution in [2.24, 2.45) is 0 Å². The Morgan fingerprint density at radius 3 is 2.63 bits per heavy atom. The fraction of sp³-hybridized carbons (Fsp3) is 0.214. The number of halogens is 2. The molecule has 0 unspecified atom stereocenters. The van der Waals surface area contributed by atoms with E-state index in [1.807, 2.05) is 13.0 Å². The number of benzene rings is 1. The highest BCUT2D eigenvalue weighted by Gasteiger charge is 2.18. The quantitative estimate of drug-likeness (QED) is 0.828. The number of amides is 1. The Kier molecular flexibility index (Phi) is 4.56. The van der Waals surface area contributed by atoms with Crippen LogP contribution in [0.1, 0.15) is 22.2 Å². The van der Waals surface area contributed by atoms with Gasteiger partial charge in [-0.05, 0) is 31.2 Å². The molecular formula is C14H13ClFNOS. The average Bonchev–Trinajstić information content (AvgIpc) is 2.81. The number of rotatable bonds is 4. The second kappa shape index (κ2) is 6.17. The predicted molar refractivity (Wildman–Crippen MR) is 76.1 cm³/mol. The van der Waals surface area contributed by atoms with Crippen LogP contribution >= 0.6 is 22.9 Å². The summed E-state index contributed by atoms with van der Waals surface area (Å²) in [6, 6.07) is 9.70. The smallest absolute Gasteiger partial charge is 0.257 e. The minimum atomic E-state index is -0.491. The van der Waals surface area contributed by atoms with Crippen LogP contribution in [0.5, 0.6) is 0 Å². The summed E-state index contributed by atoms with van der Waals surface area (Å²) >= 11 is 7.29. The predicted octanol–water partition coefficient (Wildman–Crippen LogP) is 4.20. The zero-order chi connectivity index (χ0) is 13.8. The monoisotopic (exact) mass is 297 g/mol. The third-order valence-corrected chi connectivity index (χ3v) is 3.96. The summed E-state index contributed by atoms with van der Waals surface area (Å²) in [4.78, 5) is 14.8. The van der Waals surface area contributed by atoms with E-state index >= 15 is 0 Å². The molecule has 0 N–H and O–H groups in total. The summed E-state index contributed by atoms with van der Waals surface area (Å²) < 4.78 is 14.3. The molecule has 0 atom stereocenters. The second-order valence-corrected chi connectivity index (χ2v) is 5.80. The molecule has 1 aromatic heterocycles. The van der Waals surface area contributed by atoms with E-state index in [1.165, 1.54) is 23.5 Å². The van der Waals surface area contributed by atoms with Crippen molar-refractivity contribution in [2.45, 2.75) is 13.5 Å². The Labute approximate surface area is 120 Å². The van der Waals surface area contributed by atoms with Crippen molar-refractivity contribution in [1.82, 2.24) is 4.90 Å². The van der Waals surface area contributed by atoms with Gasteiger partial charge in [0.1, 0.15) is 5.82 Å². The first-order valence-corrected chi connectivity index (χ1v) is 7.09. The van der Waals surface area contributed by atoms with Gasteiger partial charge in [0.05, 0.1) is 16.4 Å². The highest BCUT2D eigenvalue weighted by Crippen LogP contribution is 2.23. The molecule has 0 fully saturated rings. The summed E-state index contributed by atoms with van der Waals surface area (Å²) in [5, 5.41) is 0. The van der Waals surface area contributed by atoms with Crippen LogP contribution in [0.2, 0.25) is 4.34 Å². The average molecular weight is 298 g/mol. The van der Waals surface area contributed by atoms with Gasteiger partial charge in [-0.25, -0.2) is 4.39 Å². The summed E-state index contributed by atoms with van der Waals surface area (Å²) in [7, 11) is 0. The molecule has 5 heteroatoms. The third-order valence-electron chi connectivity index (χ3n) is 2.75. The lowest BCUT2D eigenvalue weighted by atomic mass is 10.2. The van der Waals surface area contributed by atoms with Crippen LogP contribution in [0, 0.1) is 5.82 Å². The van der Waals surface area contributed by atoms with Gasteiger partial charge in [0.25, 0.3) is 5.91 Å². The van der Waals surface area contributed by atoms with Crippen molar-refractivity contribution in [3.05, 3.63) is 57.0 Å². The second-order valence-electron chi connectivity index (χ2n) is 4.00. The first-order valence-electron chi connectivity index (χ1n) is 5.90. The van der Waals surface area contributed by atoms with Gasteiger partial charge in [-0.15, -0.1) is 11.3 Å². The van der Waals surface area contributed by atoms with E-state index in [9.17, 15) is 9.18 Å². The summed E-state index contributed by atoms with van der Waals surface area (Å²) in [5.74, 6) is -0.791. The maximum Gasteiger partial charge on any atom is 0.257 e. The summed E-state index contributed by atoms with van der Waals surface area (Å²) in [5.41, 5.74) is 0.104. The molecule has 19 heavy (non-hydrogen) atoms. The van der Waals surface area contributed by atoms with Gasteiger partial charge in [-0.2, -0.15) is 0 Å². The molecule has 1 amide bonds. The van der Waals surface area contributed by atoms with Gasteiger partial charge >= 0.3 is 0 Å². The first-order chi connectivity index (χ1) is 9.11. The van der Waals surface area contributed by atoms with E-state index in [-0.39, 0.29) is 11.5 Å². The molecule has 1 aromatic carbocycles. The van der Waals surface area contributed by atoms with Crippen molar-refractivity contribution in [1.29, 1.82) is 0 Å². The van der Waals surface area contributed by atoms with E-state index < -0.39 is 5.82 Å². The van der Waals surface area contributed by atoms with Gasteiger partial charge in [-0.1, -0.05) is 23.7 Å². The topological polar surface area (TPSA) is 20.3 Å². The lowest BCUT2D eigenvalue weighted by molar-refractivity contribution is 0.0749. The van der Waals surface area contributed by atoms with Crippen LogP contribution in [-0.4, -0.2) is 17.4 Å². The first kappa shape index (κ1) is 14.0.